The van der Waals surface area contributed by atoms with Crippen LogP contribution in [0.5, 0.6) is 5.75 Å². The molecule has 14 nitrogen and oxygen atoms in total. The van der Waals surface area contributed by atoms with Crippen LogP contribution < -0.4 is 14.2 Å². The Morgan fingerprint density at radius 3 is 2.25 bits per heavy atom. The number of carbonyl (C=O) groups is 3. The van der Waals surface area contributed by atoms with Gasteiger partial charge >= 0.3 is 24.3 Å². The lowest BCUT2D eigenvalue weighted by Crippen LogP contribution is -2.76. The number of esters is 1. The first-order valence-corrected chi connectivity index (χ1v) is 19.5. The molecule has 63 heavy (non-hydrogen) atoms. The average Bonchev–Trinajstić information content (AvgIpc) is 3.62. The van der Waals surface area contributed by atoms with Gasteiger partial charge in [-0.1, -0.05) is 18.2 Å². The highest BCUT2D eigenvalue weighted by molar-refractivity contribution is 5.86. The minimum Gasteiger partial charge on any atom is -0.484 e. The van der Waals surface area contributed by atoms with Gasteiger partial charge in [-0.3, -0.25) is 9.69 Å². The average molecular weight is 896 g/mol. The van der Waals surface area contributed by atoms with Crippen molar-refractivity contribution in [1.29, 1.82) is 0 Å². The summed E-state index contributed by atoms with van der Waals surface area (Å²) in [5, 5.41) is 16.1. The molecule has 2 bridgehead atoms. The van der Waals surface area contributed by atoms with E-state index >= 15 is 13.2 Å². The van der Waals surface area contributed by atoms with Gasteiger partial charge in [0.15, 0.2) is 12.2 Å². The maximum Gasteiger partial charge on any atom is 0.422 e. The van der Waals surface area contributed by atoms with Crippen LogP contribution in [0.15, 0.2) is 73.4 Å². The second-order valence-corrected chi connectivity index (χ2v) is 17.0. The Morgan fingerprint density at radius 2 is 1.63 bits per heavy atom. The Labute approximate surface area is 357 Å². The molecule has 0 spiro atoms. The Kier molecular flexibility index (Phi) is 12.5. The minimum absolute atomic E-state index is 0.0552. The first-order valence-electron chi connectivity index (χ1n) is 19.5. The summed E-state index contributed by atoms with van der Waals surface area (Å²) in [6.45, 7) is 3.17. The summed E-state index contributed by atoms with van der Waals surface area (Å²) in [5.41, 5.74) is -6.67. The number of aliphatic hydroxyl groups is 1. The first-order chi connectivity index (χ1) is 29.3. The van der Waals surface area contributed by atoms with E-state index in [9.17, 15) is 37.1 Å². The van der Waals surface area contributed by atoms with Crippen molar-refractivity contribution in [2.45, 2.75) is 95.1 Å². The molecule has 3 saturated carbocycles. The largest absolute Gasteiger partial charge is 0.484 e. The van der Waals surface area contributed by atoms with E-state index in [0.29, 0.717) is 17.2 Å². The first kappa shape index (κ1) is 46.5. The van der Waals surface area contributed by atoms with Crippen LogP contribution in [0.3, 0.4) is 0 Å². The maximum absolute atomic E-state index is 17.0. The predicted octanol–water partition coefficient (Wildman–Crippen LogP) is 7.13. The number of carbonyl (C=O) groups excluding carboxylic acids is 3. The number of aromatic nitrogens is 4. The number of pyridine rings is 1. The smallest absolute Gasteiger partial charge is 0.422 e. The minimum atomic E-state index is -4.55. The molecule has 21 heteroatoms. The van der Waals surface area contributed by atoms with Crippen molar-refractivity contribution in [3.8, 4) is 5.75 Å². The molecule has 1 N–H and O–H groups in total. The number of nitrogens with zero attached hydrogens (tertiary/aromatic N) is 6. The van der Waals surface area contributed by atoms with Crippen LogP contribution in [0, 0.1) is 17.0 Å². The number of hydrogen-bond acceptors (Lipinski definition) is 10. The molecule has 3 fully saturated rings. The summed E-state index contributed by atoms with van der Waals surface area (Å²) >= 11 is 0. The number of alkyl halides is 5. The Balaban J connectivity index is 1.12. The molecule has 0 radical (unpaired) electrons. The summed E-state index contributed by atoms with van der Waals surface area (Å²) in [7, 11) is 2.70. The fraction of sp³-hybridized carbons (Fsp3) is 0.476. The van der Waals surface area contributed by atoms with Gasteiger partial charge in [-0.05, 0) is 81.3 Å². The topological polar surface area (TPSA) is 149 Å². The van der Waals surface area contributed by atoms with Crippen molar-refractivity contribution in [3.05, 3.63) is 102 Å². The molecule has 2 atom stereocenters. The van der Waals surface area contributed by atoms with Gasteiger partial charge in [-0.15, -0.1) is 4.68 Å². The highest BCUT2D eigenvalue weighted by atomic mass is 19.4. The van der Waals surface area contributed by atoms with Crippen molar-refractivity contribution >= 4 is 24.0 Å². The highest BCUT2D eigenvalue weighted by Crippen LogP contribution is 2.80. The number of rotatable bonds is 15. The lowest BCUT2D eigenvalue weighted by Gasteiger charge is -2.74. The number of ether oxygens (including phenoxy) is 4. The molecule has 3 aliphatic carbocycles. The normalized spacial score (nSPS) is 19.7. The third-order valence-corrected chi connectivity index (χ3v) is 11.1. The third kappa shape index (κ3) is 9.67. The van der Waals surface area contributed by atoms with E-state index in [0.717, 1.165) is 39.3 Å². The van der Waals surface area contributed by atoms with E-state index in [1.54, 1.807) is 32.9 Å². The quantitative estimate of drug-likeness (QED) is 0.0566. The van der Waals surface area contributed by atoms with Gasteiger partial charge < -0.3 is 29.0 Å². The third-order valence-electron chi connectivity index (χ3n) is 11.1. The number of halogens is 7. The Morgan fingerprint density at radius 1 is 0.968 bits per heavy atom. The molecule has 4 aromatic rings. The standard InChI is InChI=1S/C42H46F7N6O8/c1-26(62-36(58)53(6)34-27(8-7-15-50-34)18-60-33(56)17-52(5)35(57)63-37(2,3)4)54-24-51-55(25-54)22-40(59,31-14-11-29(43)16-32(31)44)42(48,49)39-19-38(20-39,21-39)28-9-12-30(13-10-28)61-23-41(45,46)47/h7-16,24-26,59H,17-23H2,1-6H3/q+1. The van der Waals surface area contributed by atoms with Gasteiger partial charge in [-0.25, -0.2) is 32.1 Å². The second-order valence-electron chi connectivity index (χ2n) is 17.0. The van der Waals surface area contributed by atoms with Crippen molar-refractivity contribution < 1.29 is 73.7 Å². The molecule has 3 aliphatic rings. The summed E-state index contributed by atoms with van der Waals surface area (Å²) in [4.78, 5) is 44.4. The monoisotopic (exact) mass is 895 g/mol. The second kappa shape index (κ2) is 16.9. The SMILES string of the molecule is CC(OC(=O)N(C)c1ncccc1COC(=O)CN(C)C(=O)OC(C)(C)C)[n+]1cnn(CC(O)(c2ccc(F)cc2F)C(F)(F)C23CC(c4ccc(OCC(F)(F)F)cc4)(C2)C3)c1. The zero-order chi connectivity index (χ0) is 46.3. The van der Waals surface area contributed by atoms with Crippen LogP contribution in [0.4, 0.5) is 46.1 Å². The Hall–Kier alpha value is -5.99. The zero-order valence-corrected chi connectivity index (χ0v) is 35.1. The van der Waals surface area contributed by atoms with Gasteiger partial charge in [0.2, 0.25) is 12.6 Å². The van der Waals surface area contributed by atoms with Crippen LogP contribution in [-0.2, 0) is 43.2 Å². The van der Waals surface area contributed by atoms with Gasteiger partial charge in [0, 0.05) is 54.9 Å². The van der Waals surface area contributed by atoms with Gasteiger partial charge in [0.05, 0.1) is 0 Å². The molecule has 2 aromatic carbocycles. The highest BCUT2D eigenvalue weighted by Gasteiger charge is 2.82. The molecule has 7 rings (SSSR count). The molecule has 2 unspecified atom stereocenters. The molecule has 2 amide bonds. The van der Waals surface area contributed by atoms with Crippen molar-refractivity contribution in [2.75, 3.05) is 32.1 Å². The molecule has 2 aromatic heterocycles. The lowest BCUT2D eigenvalue weighted by molar-refractivity contribution is -0.753. The predicted molar refractivity (Wildman–Crippen MR) is 206 cm³/mol. The van der Waals surface area contributed by atoms with Crippen LogP contribution in [0.1, 0.15) is 69.9 Å². The van der Waals surface area contributed by atoms with Crippen molar-refractivity contribution in [1.82, 2.24) is 19.7 Å². The Bertz CT molecular complexity index is 2320. The number of likely N-dealkylation sites (N-methyl/N-ethyl adjacent to an activating group) is 1. The van der Waals surface area contributed by atoms with Crippen molar-refractivity contribution in [3.63, 3.8) is 0 Å². The van der Waals surface area contributed by atoms with Gasteiger partial charge in [0.25, 0.3) is 12.2 Å². The van der Waals surface area contributed by atoms with Crippen LogP contribution in [-0.4, -0.2) is 87.9 Å². The number of anilines is 1. The number of amides is 2. The summed E-state index contributed by atoms with van der Waals surface area (Å²) in [6, 6.07) is 10.6. The fourth-order valence-electron chi connectivity index (χ4n) is 7.98. The van der Waals surface area contributed by atoms with E-state index < -0.39 is 95.4 Å². The molecule has 0 aliphatic heterocycles. The maximum atomic E-state index is 17.0. The zero-order valence-electron chi connectivity index (χ0n) is 35.1. The molecule has 340 valence electrons. The number of benzene rings is 2. The van der Waals surface area contributed by atoms with Crippen LogP contribution in [0.25, 0.3) is 0 Å². The van der Waals surface area contributed by atoms with E-state index in [1.807, 2.05) is 0 Å². The molecular weight excluding hydrogens is 849 g/mol. The van der Waals surface area contributed by atoms with E-state index in [2.05, 4.69) is 10.1 Å². The summed E-state index contributed by atoms with van der Waals surface area (Å²) < 4.78 is 124. The van der Waals surface area contributed by atoms with Crippen LogP contribution >= 0.6 is 0 Å². The van der Waals surface area contributed by atoms with Crippen LogP contribution in [0.2, 0.25) is 0 Å². The number of hydrogen-bond donors (Lipinski definition) is 1. The van der Waals surface area contributed by atoms with E-state index in [1.165, 1.54) is 56.0 Å². The molecule has 2 heterocycles. The van der Waals surface area contributed by atoms with Crippen molar-refractivity contribution in [2.24, 2.45) is 5.41 Å². The fourth-order valence-corrected chi connectivity index (χ4v) is 7.98. The summed E-state index contributed by atoms with van der Waals surface area (Å²) in [5.74, 6) is -7.30. The lowest BCUT2D eigenvalue weighted by atomic mass is 9.30. The van der Waals surface area contributed by atoms with E-state index in [4.69, 9.17) is 18.9 Å². The van der Waals surface area contributed by atoms with Gasteiger partial charge in [0.1, 0.15) is 48.5 Å². The molecular formula is C42H46F7N6O8+. The van der Waals surface area contributed by atoms with Gasteiger partial charge in [-0.2, -0.15) is 17.7 Å². The summed E-state index contributed by atoms with van der Waals surface area (Å²) in [6.07, 6.45) is -4.17. The van der Waals surface area contributed by atoms with E-state index in [-0.39, 0.29) is 37.4 Å². The molecule has 0 saturated heterocycles.